The monoisotopic (exact) mass is 286 g/mol. The van der Waals surface area contributed by atoms with E-state index in [4.69, 9.17) is 4.74 Å². The van der Waals surface area contributed by atoms with E-state index < -0.39 is 0 Å². The molecule has 5 heteroatoms. The second-order valence-corrected chi connectivity index (χ2v) is 4.21. The van der Waals surface area contributed by atoms with Crippen molar-refractivity contribution in [3.8, 4) is 0 Å². The van der Waals surface area contributed by atoms with Crippen LogP contribution in [0, 0.1) is 0 Å². The Kier molecular flexibility index (Phi) is 11.1. The fourth-order valence-electron chi connectivity index (χ4n) is 1.34. The van der Waals surface area contributed by atoms with Gasteiger partial charge in [0, 0.05) is 18.5 Å². The molecule has 0 aliphatic heterocycles. The van der Waals surface area contributed by atoms with Crippen LogP contribution in [0.5, 0.6) is 0 Å². The summed E-state index contributed by atoms with van der Waals surface area (Å²) in [6.45, 7) is 4.89. The third kappa shape index (κ3) is 8.37. The number of carbonyl (C=O) groups excluding carboxylic acids is 1. The number of nitrogens with zero attached hydrogens (tertiary/aromatic N) is 1. The van der Waals surface area contributed by atoms with E-state index in [0.29, 0.717) is 18.6 Å². The van der Waals surface area contributed by atoms with Crippen molar-refractivity contribution in [3.63, 3.8) is 0 Å². The normalized spacial score (nSPS) is 9.21. The van der Waals surface area contributed by atoms with Crippen molar-refractivity contribution in [1.29, 1.82) is 0 Å². The minimum absolute atomic E-state index is 0. The van der Waals surface area contributed by atoms with Crippen LogP contribution in [-0.2, 0) is 16.0 Å². The quantitative estimate of drug-likeness (QED) is 0.644. The maximum atomic E-state index is 11.6. The highest BCUT2D eigenvalue weighted by atomic mass is 35.5. The van der Waals surface area contributed by atoms with Gasteiger partial charge >= 0.3 is 5.97 Å². The number of rotatable bonds is 6. The van der Waals surface area contributed by atoms with Crippen LogP contribution < -0.4 is 6.15 Å². The highest BCUT2D eigenvalue weighted by Gasteiger charge is 2.08. The molecule has 1 rings (SSSR count). The second kappa shape index (κ2) is 10.6. The molecule has 108 valence electrons. The molecule has 19 heavy (non-hydrogen) atoms. The molecule has 0 saturated carbocycles. The Morgan fingerprint density at radius 1 is 1.26 bits per heavy atom. The van der Waals surface area contributed by atoms with Crippen LogP contribution in [0.4, 0.5) is 0 Å². The van der Waals surface area contributed by atoms with E-state index in [0.717, 1.165) is 12.1 Å². The third-order valence-electron chi connectivity index (χ3n) is 2.32. The highest BCUT2D eigenvalue weighted by molar-refractivity contribution is 5.88. The molecule has 0 unspecified atom stereocenters. The number of ether oxygens (including phenoxy) is 1. The van der Waals surface area contributed by atoms with Gasteiger partial charge in [0.1, 0.15) is 6.61 Å². The van der Waals surface area contributed by atoms with Crippen molar-refractivity contribution in [1.82, 2.24) is 11.1 Å². The topological polar surface area (TPSA) is 64.5 Å². The van der Waals surface area contributed by atoms with Crippen LogP contribution >= 0.6 is 12.4 Å². The Morgan fingerprint density at radius 3 is 2.37 bits per heavy atom. The first-order valence-corrected chi connectivity index (χ1v) is 5.63. The minimum atomic E-state index is -0.310. The molecule has 0 aliphatic carbocycles. The lowest BCUT2D eigenvalue weighted by Crippen LogP contribution is -2.21. The summed E-state index contributed by atoms with van der Waals surface area (Å²) in [6.07, 6.45) is 0.543. The van der Waals surface area contributed by atoms with E-state index in [1.165, 1.54) is 0 Å². The maximum absolute atomic E-state index is 11.6. The van der Waals surface area contributed by atoms with Gasteiger partial charge < -0.3 is 15.8 Å². The van der Waals surface area contributed by atoms with E-state index in [-0.39, 0.29) is 24.5 Å². The summed E-state index contributed by atoms with van der Waals surface area (Å²) in [4.78, 5) is 13.6. The van der Waals surface area contributed by atoms with Crippen molar-refractivity contribution in [2.45, 2.75) is 6.42 Å². The summed E-state index contributed by atoms with van der Waals surface area (Å²) < 4.78 is 5.11. The van der Waals surface area contributed by atoms with Crippen molar-refractivity contribution >= 4 is 18.4 Å². The van der Waals surface area contributed by atoms with Gasteiger partial charge in [0.15, 0.2) is 0 Å². The summed E-state index contributed by atoms with van der Waals surface area (Å²) in [6, 6.07) is 9.78. The lowest BCUT2D eigenvalue weighted by molar-refractivity contribution is -0.139. The zero-order valence-corrected chi connectivity index (χ0v) is 12.4. The Morgan fingerprint density at radius 2 is 1.84 bits per heavy atom. The molecule has 0 atom stereocenters. The van der Waals surface area contributed by atoms with E-state index in [9.17, 15) is 4.79 Å². The largest absolute Gasteiger partial charge is 0.461 e. The molecular weight excluding hydrogens is 264 g/mol. The number of hydrogen-bond acceptors (Lipinski definition) is 4. The van der Waals surface area contributed by atoms with Crippen LogP contribution in [0.1, 0.15) is 5.56 Å². The zero-order valence-electron chi connectivity index (χ0n) is 11.6. The Labute approximate surface area is 121 Å². The van der Waals surface area contributed by atoms with E-state index in [2.05, 4.69) is 6.58 Å². The number of esters is 1. The molecule has 0 saturated heterocycles. The zero-order chi connectivity index (χ0) is 12.7. The smallest absolute Gasteiger partial charge is 0.333 e. The van der Waals surface area contributed by atoms with E-state index >= 15 is 0 Å². The molecule has 0 aromatic heterocycles. The first kappa shape index (κ1) is 20.0. The summed E-state index contributed by atoms with van der Waals surface area (Å²) in [5.41, 5.74) is 1.57. The first-order valence-electron chi connectivity index (χ1n) is 5.63. The van der Waals surface area contributed by atoms with Gasteiger partial charge in [-0.15, -0.1) is 12.4 Å². The standard InChI is InChI=1S/C14H19NO2.ClH.H3N/c1-12(11-13-7-5-4-6-8-13)14(16)17-10-9-15(2)3;;/h4-8H,1,9-11H2,2-3H3;1H;1H3. The van der Waals surface area contributed by atoms with Gasteiger partial charge in [-0.05, 0) is 19.7 Å². The Balaban J connectivity index is 0. The molecule has 0 heterocycles. The van der Waals surface area contributed by atoms with Crippen molar-refractivity contribution in [2.75, 3.05) is 27.2 Å². The van der Waals surface area contributed by atoms with Gasteiger partial charge in [-0.1, -0.05) is 36.9 Å². The van der Waals surface area contributed by atoms with Gasteiger partial charge in [0.05, 0.1) is 0 Å². The van der Waals surface area contributed by atoms with Crippen LogP contribution in [0.15, 0.2) is 42.5 Å². The SMILES string of the molecule is C=C(Cc1ccccc1)C(=O)OCCN(C)C.Cl.N. The first-order chi connectivity index (χ1) is 8.09. The molecule has 1 aromatic carbocycles. The fraction of sp³-hybridized carbons (Fsp3) is 0.357. The molecule has 1 aromatic rings. The highest BCUT2D eigenvalue weighted by Crippen LogP contribution is 2.07. The lowest BCUT2D eigenvalue weighted by Gasteiger charge is -2.11. The summed E-state index contributed by atoms with van der Waals surface area (Å²) >= 11 is 0. The van der Waals surface area contributed by atoms with Crippen LogP contribution in [-0.4, -0.2) is 38.1 Å². The number of halogens is 1. The molecule has 0 amide bonds. The molecule has 4 nitrogen and oxygen atoms in total. The van der Waals surface area contributed by atoms with Crippen molar-refractivity contribution in [2.24, 2.45) is 0 Å². The van der Waals surface area contributed by atoms with Gasteiger partial charge in [-0.25, -0.2) is 4.79 Å². The average Bonchev–Trinajstić information content (AvgIpc) is 2.29. The predicted molar refractivity (Wildman–Crippen MR) is 81.1 cm³/mol. The molecule has 0 aliphatic rings. The van der Waals surface area contributed by atoms with E-state index in [1.54, 1.807) is 0 Å². The fourth-order valence-corrected chi connectivity index (χ4v) is 1.34. The summed E-state index contributed by atoms with van der Waals surface area (Å²) in [7, 11) is 3.87. The lowest BCUT2D eigenvalue weighted by atomic mass is 10.1. The Bertz CT molecular complexity index is 380. The summed E-state index contributed by atoms with van der Waals surface area (Å²) in [5.74, 6) is -0.310. The maximum Gasteiger partial charge on any atom is 0.333 e. The minimum Gasteiger partial charge on any atom is -0.461 e. The molecule has 0 radical (unpaired) electrons. The number of benzene rings is 1. The average molecular weight is 287 g/mol. The van der Waals surface area contributed by atoms with E-state index in [1.807, 2.05) is 49.3 Å². The summed E-state index contributed by atoms with van der Waals surface area (Å²) in [5, 5.41) is 0. The second-order valence-electron chi connectivity index (χ2n) is 4.21. The van der Waals surface area contributed by atoms with Gasteiger partial charge in [-0.3, -0.25) is 0 Å². The molecule has 3 N–H and O–H groups in total. The van der Waals surface area contributed by atoms with Crippen molar-refractivity contribution < 1.29 is 9.53 Å². The number of carbonyl (C=O) groups is 1. The number of hydrogen-bond donors (Lipinski definition) is 1. The van der Waals surface area contributed by atoms with Gasteiger partial charge in [0.2, 0.25) is 0 Å². The number of likely N-dealkylation sites (N-methyl/N-ethyl adjacent to an activating group) is 1. The molecular formula is C14H23ClN2O2. The van der Waals surface area contributed by atoms with Crippen LogP contribution in [0.3, 0.4) is 0 Å². The third-order valence-corrected chi connectivity index (χ3v) is 2.32. The van der Waals surface area contributed by atoms with Gasteiger partial charge in [-0.2, -0.15) is 0 Å². The molecule has 0 fully saturated rings. The Hall–Kier alpha value is -1.36. The molecule has 0 spiro atoms. The predicted octanol–water partition coefficient (Wildman–Crippen LogP) is 2.47. The van der Waals surface area contributed by atoms with Crippen LogP contribution in [0.2, 0.25) is 0 Å². The molecule has 0 bridgehead atoms. The van der Waals surface area contributed by atoms with Crippen molar-refractivity contribution in [3.05, 3.63) is 48.0 Å². The van der Waals surface area contributed by atoms with Gasteiger partial charge in [0.25, 0.3) is 0 Å². The van der Waals surface area contributed by atoms with Crippen LogP contribution in [0.25, 0.3) is 0 Å².